The maximum absolute atomic E-state index is 10.7. The molecule has 102 valence electrons. The second-order valence-electron chi connectivity index (χ2n) is 4.31. The Bertz CT molecular complexity index is 727. The number of hydrogen-bond acceptors (Lipinski definition) is 4. The van der Waals surface area contributed by atoms with Gasteiger partial charge in [-0.15, -0.1) is 11.3 Å². The van der Waals surface area contributed by atoms with Crippen LogP contribution in [0, 0.1) is 0 Å². The largest absolute Gasteiger partial charge is 0.497 e. The number of aromatic nitrogens is 2. The smallest absolute Gasteiger partial charge is 0.308 e. The summed E-state index contributed by atoms with van der Waals surface area (Å²) in [6.45, 7) is 0. The number of rotatable bonds is 4. The van der Waals surface area contributed by atoms with Gasteiger partial charge in [-0.25, -0.2) is 4.98 Å². The molecule has 0 unspecified atom stereocenters. The highest BCUT2D eigenvalue weighted by molar-refractivity contribution is 7.17. The van der Waals surface area contributed by atoms with Crippen molar-refractivity contribution in [2.75, 3.05) is 7.11 Å². The van der Waals surface area contributed by atoms with Gasteiger partial charge in [0.25, 0.3) is 0 Å². The Kier molecular flexibility index (Phi) is 3.15. The lowest BCUT2D eigenvalue weighted by atomic mass is 10.2. The maximum atomic E-state index is 10.7. The van der Waals surface area contributed by atoms with Gasteiger partial charge in [-0.05, 0) is 24.3 Å². The molecule has 3 rings (SSSR count). The zero-order chi connectivity index (χ0) is 14.1. The van der Waals surface area contributed by atoms with Crippen molar-refractivity contribution >= 4 is 22.3 Å². The molecule has 2 aromatic heterocycles. The van der Waals surface area contributed by atoms with Crippen LogP contribution in [0.15, 0.2) is 36.7 Å². The molecule has 0 radical (unpaired) electrons. The number of imidazole rings is 1. The van der Waals surface area contributed by atoms with E-state index in [1.54, 1.807) is 7.11 Å². The van der Waals surface area contributed by atoms with E-state index in [2.05, 4.69) is 4.98 Å². The van der Waals surface area contributed by atoms with E-state index in [0.717, 1.165) is 26.8 Å². The molecule has 0 spiro atoms. The molecule has 5 nitrogen and oxygen atoms in total. The second kappa shape index (κ2) is 4.97. The molecule has 3 aromatic rings. The molecular weight excluding hydrogens is 276 g/mol. The first kappa shape index (κ1) is 12.7. The summed E-state index contributed by atoms with van der Waals surface area (Å²) >= 11 is 1.40. The van der Waals surface area contributed by atoms with Crippen LogP contribution in [0.5, 0.6) is 5.75 Å². The molecule has 1 N–H and O–H groups in total. The van der Waals surface area contributed by atoms with E-state index >= 15 is 0 Å². The van der Waals surface area contributed by atoms with Gasteiger partial charge in [-0.2, -0.15) is 0 Å². The summed E-state index contributed by atoms with van der Waals surface area (Å²) in [4.78, 5) is 16.8. The molecule has 6 heteroatoms. The molecule has 1 aromatic carbocycles. The number of methoxy groups -OCH3 is 1. The Balaban J connectivity index is 1.92. The Labute approximate surface area is 119 Å². The van der Waals surface area contributed by atoms with Gasteiger partial charge in [0, 0.05) is 22.8 Å². The molecule has 2 heterocycles. The third-order valence-electron chi connectivity index (χ3n) is 2.92. The number of nitrogens with zero attached hydrogens (tertiary/aromatic N) is 2. The molecule has 0 aliphatic heterocycles. The summed E-state index contributed by atoms with van der Waals surface area (Å²) in [7, 11) is 1.63. The third kappa shape index (κ3) is 2.37. The SMILES string of the molecule is COc1ccc(-c2cn3cc(CC(=O)O)sc3n2)cc1. The van der Waals surface area contributed by atoms with Crippen molar-refractivity contribution < 1.29 is 14.6 Å². The minimum Gasteiger partial charge on any atom is -0.497 e. The third-order valence-corrected chi connectivity index (χ3v) is 3.91. The first-order valence-electron chi connectivity index (χ1n) is 5.99. The lowest BCUT2D eigenvalue weighted by Gasteiger charge is -2.00. The number of thiazole rings is 1. The van der Waals surface area contributed by atoms with Gasteiger partial charge in [0.2, 0.25) is 0 Å². The van der Waals surface area contributed by atoms with Crippen molar-refractivity contribution in [2.45, 2.75) is 6.42 Å². The van der Waals surface area contributed by atoms with Crippen LogP contribution in [0.2, 0.25) is 0 Å². The molecule has 20 heavy (non-hydrogen) atoms. The lowest BCUT2D eigenvalue weighted by Crippen LogP contribution is -1.97. The monoisotopic (exact) mass is 288 g/mol. The molecule has 0 bridgehead atoms. The zero-order valence-corrected chi connectivity index (χ0v) is 11.6. The van der Waals surface area contributed by atoms with E-state index in [-0.39, 0.29) is 6.42 Å². The summed E-state index contributed by atoms with van der Waals surface area (Å²) < 4.78 is 6.99. The van der Waals surface area contributed by atoms with Gasteiger partial charge < -0.3 is 9.84 Å². The fraction of sp³-hybridized carbons (Fsp3) is 0.143. The first-order valence-corrected chi connectivity index (χ1v) is 6.81. The maximum Gasteiger partial charge on any atom is 0.308 e. The summed E-state index contributed by atoms with van der Waals surface area (Å²) in [5.74, 6) is -0.0246. The molecular formula is C14H12N2O3S. The Morgan fingerprint density at radius 1 is 1.35 bits per heavy atom. The van der Waals surface area contributed by atoms with Crippen molar-refractivity contribution in [2.24, 2.45) is 0 Å². The molecule has 0 fully saturated rings. The number of hydrogen-bond donors (Lipinski definition) is 1. The molecule has 0 saturated carbocycles. The second-order valence-corrected chi connectivity index (χ2v) is 5.41. The van der Waals surface area contributed by atoms with Gasteiger partial charge in [-0.1, -0.05) is 0 Å². The standard InChI is InChI=1S/C14H12N2O3S/c1-19-10-4-2-9(3-5-10)12-8-16-7-11(6-13(17)18)20-14(16)15-12/h2-5,7-8H,6H2,1H3,(H,17,18). The van der Waals surface area contributed by atoms with Crippen LogP contribution in [-0.2, 0) is 11.2 Å². The number of benzene rings is 1. The topological polar surface area (TPSA) is 63.8 Å². The molecule has 0 saturated heterocycles. The number of carboxylic acid groups (broad SMARTS) is 1. The average molecular weight is 288 g/mol. The highest BCUT2D eigenvalue weighted by atomic mass is 32.1. The molecule has 0 aliphatic rings. The quantitative estimate of drug-likeness (QED) is 0.801. The number of aliphatic carboxylic acids is 1. The van der Waals surface area contributed by atoms with E-state index in [1.807, 2.05) is 41.1 Å². The van der Waals surface area contributed by atoms with Crippen LogP contribution >= 0.6 is 11.3 Å². The highest BCUT2D eigenvalue weighted by Crippen LogP contribution is 2.25. The Hall–Kier alpha value is -2.34. The lowest BCUT2D eigenvalue weighted by molar-refractivity contribution is -0.136. The van der Waals surface area contributed by atoms with Gasteiger partial charge in [0.15, 0.2) is 4.96 Å². The zero-order valence-electron chi connectivity index (χ0n) is 10.7. The van der Waals surface area contributed by atoms with Gasteiger partial charge in [0.05, 0.1) is 19.2 Å². The minimum atomic E-state index is -0.829. The molecule has 0 aliphatic carbocycles. The van der Waals surface area contributed by atoms with Crippen LogP contribution in [-0.4, -0.2) is 27.6 Å². The van der Waals surface area contributed by atoms with E-state index in [9.17, 15) is 4.79 Å². The summed E-state index contributed by atoms with van der Waals surface area (Å²) in [6.07, 6.45) is 3.75. The Morgan fingerprint density at radius 2 is 2.10 bits per heavy atom. The van der Waals surface area contributed by atoms with Crippen LogP contribution < -0.4 is 4.74 Å². The van der Waals surface area contributed by atoms with Crippen LogP contribution in [0.3, 0.4) is 0 Å². The minimum absolute atomic E-state index is 0.0336. The van der Waals surface area contributed by atoms with Gasteiger partial charge in [-0.3, -0.25) is 9.20 Å². The van der Waals surface area contributed by atoms with Crippen molar-refractivity contribution in [3.63, 3.8) is 0 Å². The van der Waals surface area contributed by atoms with Crippen LogP contribution in [0.1, 0.15) is 4.88 Å². The summed E-state index contributed by atoms with van der Waals surface area (Å²) in [6, 6.07) is 7.67. The normalized spacial score (nSPS) is 10.8. The summed E-state index contributed by atoms with van der Waals surface area (Å²) in [5.41, 5.74) is 1.86. The fourth-order valence-electron chi connectivity index (χ4n) is 1.97. The Morgan fingerprint density at radius 3 is 2.70 bits per heavy atom. The van der Waals surface area contributed by atoms with E-state index < -0.39 is 5.97 Å². The number of carbonyl (C=O) groups is 1. The predicted molar refractivity (Wildman–Crippen MR) is 76.4 cm³/mol. The van der Waals surface area contributed by atoms with Crippen molar-refractivity contribution in [3.8, 4) is 17.0 Å². The van der Waals surface area contributed by atoms with Crippen molar-refractivity contribution in [1.82, 2.24) is 9.38 Å². The van der Waals surface area contributed by atoms with Crippen LogP contribution in [0.4, 0.5) is 0 Å². The van der Waals surface area contributed by atoms with Gasteiger partial charge in [0.1, 0.15) is 5.75 Å². The number of ether oxygens (including phenoxy) is 1. The predicted octanol–water partition coefficient (Wildman–Crippen LogP) is 2.70. The number of carboxylic acids is 1. The fourth-order valence-corrected chi connectivity index (χ4v) is 2.93. The van der Waals surface area contributed by atoms with E-state index in [0.29, 0.717) is 0 Å². The van der Waals surface area contributed by atoms with Crippen molar-refractivity contribution in [3.05, 3.63) is 41.5 Å². The van der Waals surface area contributed by atoms with E-state index in [4.69, 9.17) is 9.84 Å². The van der Waals surface area contributed by atoms with Crippen LogP contribution in [0.25, 0.3) is 16.2 Å². The number of fused-ring (bicyclic) bond motifs is 1. The van der Waals surface area contributed by atoms with Crippen molar-refractivity contribution in [1.29, 1.82) is 0 Å². The highest BCUT2D eigenvalue weighted by Gasteiger charge is 2.10. The van der Waals surface area contributed by atoms with E-state index in [1.165, 1.54) is 11.3 Å². The molecule has 0 amide bonds. The summed E-state index contributed by atoms with van der Waals surface area (Å²) in [5, 5.41) is 8.78. The molecule has 0 atom stereocenters. The van der Waals surface area contributed by atoms with Gasteiger partial charge >= 0.3 is 5.97 Å². The first-order chi connectivity index (χ1) is 9.65. The average Bonchev–Trinajstić information content (AvgIpc) is 2.96.